The first-order chi connectivity index (χ1) is 9.33. The molecule has 2 aromatic carbocycles. The third-order valence-corrected chi connectivity index (χ3v) is 3.12. The van der Waals surface area contributed by atoms with Gasteiger partial charge in [0, 0.05) is 6.54 Å². The molecule has 0 bridgehead atoms. The van der Waals surface area contributed by atoms with Gasteiger partial charge in [0.1, 0.15) is 12.4 Å². The molecule has 19 heavy (non-hydrogen) atoms. The van der Waals surface area contributed by atoms with E-state index in [1.165, 1.54) is 11.1 Å². The molecule has 2 rings (SSSR count). The average Bonchev–Trinajstić information content (AvgIpc) is 2.47. The van der Waals surface area contributed by atoms with Crippen LogP contribution in [0, 0.1) is 0 Å². The van der Waals surface area contributed by atoms with Crippen LogP contribution in [0.1, 0.15) is 30.0 Å². The Kier molecular flexibility index (Phi) is 4.99. The van der Waals surface area contributed by atoms with Crippen LogP contribution in [-0.2, 0) is 19.6 Å². The van der Waals surface area contributed by atoms with Crippen LogP contribution in [0.5, 0.6) is 5.75 Å². The zero-order valence-electron chi connectivity index (χ0n) is 11.4. The van der Waals surface area contributed by atoms with Gasteiger partial charge >= 0.3 is 0 Å². The van der Waals surface area contributed by atoms with Crippen molar-refractivity contribution >= 4 is 0 Å². The summed E-state index contributed by atoms with van der Waals surface area (Å²) >= 11 is 0. The standard InChI is InChI=1S/C17H21NO/c1-2-6-16-11-15(12-18)9-10-17(16)19-13-14-7-4-3-5-8-14/h3-5,7-11H,2,6,12-13,18H2,1H3. The molecule has 0 saturated heterocycles. The van der Waals surface area contributed by atoms with Gasteiger partial charge in [-0.3, -0.25) is 0 Å². The molecule has 2 aromatic rings. The van der Waals surface area contributed by atoms with Gasteiger partial charge < -0.3 is 10.5 Å². The largest absolute Gasteiger partial charge is 0.489 e. The van der Waals surface area contributed by atoms with E-state index in [4.69, 9.17) is 10.5 Å². The Labute approximate surface area is 115 Å². The molecule has 0 amide bonds. The molecule has 0 unspecified atom stereocenters. The molecule has 0 aliphatic heterocycles. The number of rotatable bonds is 6. The second kappa shape index (κ2) is 6.95. The van der Waals surface area contributed by atoms with Crippen molar-refractivity contribution in [2.45, 2.75) is 32.9 Å². The third kappa shape index (κ3) is 3.83. The molecule has 0 saturated carbocycles. The molecule has 0 fully saturated rings. The minimum atomic E-state index is 0.579. The van der Waals surface area contributed by atoms with Gasteiger partial charge in [0.15, 0.2) is 0 Å². The van der Waals surface area contributed by atoms with Crippen LogP contribution in [0.15, 0.2) is 48.5 Å². The van der Waals surface area contributed by atoms with Crippen molar-refractivity contribution in [1.82, 2.24) is 0 Å². The highest BCUT2D eigenvalue weighted by atomic mass is 16.5. The maximum atomic E-state index is 5.93. The lowest BCUT2D eigenvalue weighted by Crippen LogP contribution is -2.02. The number of nitrogens with two attached hydrogens (primary N) is 1. The van der Waals surface area contributed by atoms with Crippen LogP contribution >= 0.6 is 0 Å². The molecule has 100 valence electrons. The van der Waals surface area contributed by atoms with Gasteiger partial charge in [-0.05, 0) is 29.2 Å². The Balaban J connectivity index is 2.10. The Morgan fingerprint density at radius 2 is 1.79 bits per heavy atom. The van der Waals surface area contributed by atoms with Crippen LogP contribution in [0.25, 0.3) is 0 Å². The van der Waals surface area contributed by atoms with Crippen molar-refractivity contribution in [1.29, 1.82) is 0 Å². The van der Waals surface area contributed by atoms with E-state index in [-0.39, 0.29) is 0 Å². The minimum absolute atomic E-state index is 0.579. The molecule has 0 aliphatic carbocycles. The van der Waals surface area contributed by atoms with E-state index < -0.39 is 0 Å². The summed E-state index contributed by atoms with van der Waals surface area (Å²) in [6, 6.07) is 16.5. The highest BCUT2D eigenvalue weighted by Gasteiger charge is 2.04. The molecule has 0 heterocycles. The van der Waals surface area contributed by atoms with Crippen molar-refractivity contribution in [3.8, 4) is 5.75 Å². The molecule has 2 N–H and O–H groups in total. The van der Waals surface area contributed by atoms with Crippen molar-refractivity contribution in [3.63, 3.8) is 0 Å². The van der Waals surface area contributed by atoms with Gasteiger partial charge in [0.05, 0.1) is 0 Å². The topological polar surface area (TPSA) is 35.2 Å². The summed E-state index contributed by atoms with van der Waals surface area (Å²) in [5.41, 5.74) is 9.29. The molecule has 0 spiro atoms. The number of benzene rings is 2. The fourth-order valence-corrected chi connectivity index (χ4v) is 2.10. The fourth-order valence-electron chi connectivity index (χ4n) is 2.10. The van der Waals surface area contributed by atoms with Crippen molar-refractivity contribution in [2.75, 3.05) is 0 Å². The van der Waals surface area contributed by atoms with E-state index in [9.17, 15) is 0 Å². The lowest BCUT2D eigenvalue weighted by Gasteiger charge is -2.12. The predicted octanol–water partition coefficient (Wildman–Crippen LogP) is 3.68. The first-order valence-corrected chi connectivity index (χ1v) is 6.82. The second-order valence-corrected chi connectivity index (χ2v) is 4.67. The lowest BCUT2D eigenvalue weighted by atomic mass is 10.1. The molecule has 2 nitrogen and oxygen atoms in total. The zero-order valence-corrected chi connectivity index (χ0v) is 11.4. The summed E-state index contributed by atoms with van der Waals surface area (Å²) in [4.78, 5) is 0. The molecule has 0 aliphatic rings. The molecular formula is C17H21NO. The van der Waals surface area contributed by atoms with Gasteiger partial charge in [-0.2, -0.15) is 0 Å². The average molecular weight is 255 g/mol. The summed E-state index contributed by atoms with van der Waals surface area (Å²) < 4.78 is 5.93. The monoisotopic (exact) mass is 255 g/mol. The maximum absolute atomic E-state index is 5.93. The zero-order chi connectivity index (χ0) is 13.5. The summed E-state index contributed by atoms with van der Waals surface area (Å²) in [6.07, 6.45) is 2.13. The second-order valence-electron chi connectivity index (χ2n) is 4.67. The fraction of sp³-hybridized carbons (Fsp3) is 0.294. The van der Waals surface area contributed by atoms with Crippen LogP contribution in [0.3, 0.4) is 0 Å². The SMILES string of the molecule is CCCc1cc(CN)ccc1OCc1ccccc1. The third-order valence-electron chi connectivity index (χ3n) is 3.12. The smallest absolute Gasteiger partial charge is 0.123 e. The lowest BCUT2D eigenvalue weighted by molar-refractivity contribution is 0.302. The molecule has 2 heteroatoms. The highest BCUT2D eigenvalue weighted by Crippen LogP contribution is 2.22. The molecule has 0 radical (unpaired) electrons. The van der Waals surface area contributed by atoms with E-state index in [0.717, 1.165) is 24.2 Å². The van der Waals surface area contributed by atoms with E-state index in [0.29, 0.717) is 13.2 Å². The first-order valence-electron chi connectivity index (χ1n) is 6.82. The molecular weight excluding hydrogens is 234 g/mol. The van der Waals surface area contributed by atoms with Crippen molar-refractivity contribution in [3.05, 3.63) is 65.2 Å². The van der Waals surface area contributed by atoms with Gasteiger partial charge in [0.2, 0.25) is 0 Å². The highest BCUT2D eigenvalue weighted by molar-refractivity contribution is 5.37. The number of ether oxygens (including phenoxy) is 1. The molecule has 0 atom stereocenters. The van der Waals surface area contributed by atoms with E-state index >= 15 is 0 Å². The van der Waals surface area contributed by atoms with Gasteiger partial charge in [-0.15, -0.1) is 0 Å². The quantitative estimate of drug-likeness (QED) is 0.854. The van der Waals surface area contributed by atoms with Crippen LogP contribution in [0.2, 0.25) is 0 Å². The molecule has 0 aromatic heterocycles. The summed E-state index contributed by atoms with van der Waals surface area (Å²) in [7, 11) is 0. The Morgan fingerprint density at radius 1 is 1.00 bits per heavy atom. The van der Waals surface area contributed by atoms with Crippen LogP contribution < -0.4 is 10.5 Å². The predicted molar refractivity (Wildman–Crippen MR) is 79.1 cm³/mol. The van der Waals surface area contributed by atoms with Crippen molar-refractivity contribution in [2.24, 2.45) is 5.73 Å². The van der Waals surface area contributed by atoms with Crippen LogP contribution in [0.4, 0.5) is 0 Å². The summed E-state index contributed by atoms with van der Waals surface area (Å²) in [5, 5.41) is 0. The van der Waals surface area contributed by atoms with Crippen LogP contribution in [-0.4, -0.2) is 0 Å². The maximum Gasteiger partial charge on any atom is 0.123 e. The van der Waals surface area contributed by atoms with Gasteiger partial charge in [-0.25, -0.2) is 0 Å². The Hall–Kier alpha value is -1.80. The number of hydrogen-bond donors (Lipinski definition) is 1. The van der Waals surface area contributed by atoms with E-state index in [2.05, 4.69) is 25.1 Å². The minimum Gasteiger partial charge on any atom is -0.489 e. The van der Waals surface area contributed by atoms with Gasteiger partial charge in [0.25, 0.3) is 0 Å². The van der Waals surface area contributed by atoms with E-state index in [1.807, 2.05) is 30.3 Å². The summed E-state index contributed by atoms with van der Waals surface area (Å²) in [5.74, 6) is 0.975. The number of aryl methyl sites for hydroxylation is 1. The Bertz CT molecular complexity index is 508. The normalized spacial score (nSPS) is 10.4. The number of hydrogen-bond acceptors (Lipinski definition) is 2. The van der Waals surface area contributed by atoms with Gasteiger partial charge in [-0.1, -0.05) is 55.8 Å². The van der Waals surface area contributed by atoms with E-state index in [1.54, 1.807) is 0 Å². The van der Waals surface area contributed by atoms with Crippen molar-refractivity contribution < 1.29 is 4.74 Å². The summed E-state index contributed by atoms with van der Waals surface area (Å²) in [6.45, 7) is 3.37. The first kappa shape index (κ1) is 13.6. The Morgan fingerprint density at radius 3 is 2.47 bits per heavy atom.